The number of nitrogens with one attached hydrogen (secondary N) is 1. The topological polar surface area (TPSA) is 98.7 Å². The zero-order chi connectivity index (χ0) is 28.7. The number of benzene rings is 2. The van der Waals surface area contributed by atoms with Gasteiger partial charge in [-0.15, -0.1) is 6.54 Å². The van der Waals surface area contributed by atoms with Crippen LogP contribution in [0, 0.1) is 12.8 Å². The Morgan fingerprint density at radius 1 is 1.11 bits per heavy atom. The summed E-state index contributed by atoms with van der Waals surface area (Å²) in [4.78, 5) is 28.2. The van der Waals surface area contributed by atoms with Crippen LogP contribution in [0.1, 0.15) is 71.8 Å². The Bertz CT molecular complexity index is 1490. The molecule has 239 valence electrons. The number of aromatic nitrogens is 1. The molecule has 10 heteroatoms. The van der Waals surface area contributed by atoms with Gasteiger partial charge in [0.05, 0.1) is 30.7 Å². The van der Waals surface area contributed by atoms with Crippen molar-refractivity contribution in [3.63, 3.8) is 0 Å². The molecule has 1 N–H and O–H groups in total. The minimum absolute atomic E-state index is 0. The van der Waals surface area contributed by atoms with Gasteiger partial charge >= 0.3 is 39.6 Å². The standard InChI is InChI=1S/C33H41N4O4.CH3.2Os/c1-35-13-15-41-16-14-36(2)32(39)33-19-27(33)26-18-23(40-3)10-12-24(26)30-29(21-7-5-4-6-8-21)25-11-9-22(31(34)38)17-28(25)37(30)20-33;;;/h9-12,17-18,21,27H,4-8,13-16,19-20H2,1-3H3,(H2,34,38);1H3;;/q2*-1;+1;+2/p-1/t27-,33-;;;/m1.../s1. The van der Waals surface area contributed by atoms with Crippen molar-refractivity contribution in [1.29, 1.82) is 0 Å². The number of rotatable bonds is 10. The fourth-order valence-electron chi connectivity index (χ4n) is 7.36. The quantitative estimate of drug-likeness (QED) is 0.162. The van der Waals surface area contributed by atoms with Crippen molar-refractivity contribution in [2.45, 2.75) is 56.9 Å². The second kappa shape index (κ2) is 15.0. The van der Waals surface area contributed by atoms with E-state index in [1.165, 1.54) is 36.1 Å². The van der Waals surface area contributed by atoms with Gasteiger partial charge in [-0.25, -0.2) is 0 Å². The number of hydrogen-bond donors (Lipinski definition) is 0. The second-order valence-electron chi connectivity index (χ2n) is 12.0. The molecule has 0 spiro atoms. The Morgan fingerprint density at radius 3 is 2.55 bits per heavy atom. The number of hydrogen-bond acceptors (Lipinski definition) is 4. The minimum Gasteiger partial charge on any atom is -0.664 e. The van der Waals surface area contributed by atoms with Crippen molar-refractivity contribution in [1.82, 2.24) is 9.47 Å². The Balaban J connectivity index is 0.00000176. The third-order valence-electron chi connectivity index (χ3n) is 9.59. The first-order chi connectivity index (χ1) is 19.9. The average Bonchev–Trinajstić information content (AvgIpc) is 3.66. The molecule has 3 aromatic rings. The van der Waals surface area contributed by atoms with Gasteiger partial charge < -0.3 is 42.2 Å². The maximum Gasteiger partial charge on any atom is 2.00 e. The van der Waals surface area contributed by atoms with E-state index in [0.717, 1.165) is 41.5 Å². The first-order valence-corrected chi connectivity index (χ1v) is 14.9. The number of likely N-dealkylation sites (N-methyl/N-ethyl adjacent to an activating group) is 2. The number of ether oxygens (including phenoxy) is 2. The van der Waals surface area contributed by atoms with E-state index in [0.29, 0.717) is 44.3 Å². The molecule has 2 fully saturated rings. The molecule has 2 atom stereocenters. The molecule has 2 amide bonds. The number of nitrogens with zero attached hydrogens (tertiary/aromatic N) is 3. The molecule has 1 aliphatic heterocycles. The van der Waals surface area contributed by atoms with E-state index in [4.69, 9.17) is 15.2 Å². The summed E-state index contributed by atoms with van der Waals surface area (Å²) in [6.45, 7) is 2.74. The van der Waals surface area contributed by atoms with Gasteiger partial charge in [-0.2, -0.15) is 7.05 Å². The van der Waals surface area contributed by atoms with Gasteiger partial charge in [0.15, 0.2) is 0 Å². The second-order valence-corrected chi connectivity index (χ2v) is 12.0. The van der Waals surface area contributed by atoms with Crippen LogP contribution in [0.25, 0.3) is 33.2 Å². The first-order valence-electron chi connectivity index (χ1n) is 14.9. The van der Waals surface area contributed by atoms with E-state index in [1.807, 2.05) is 30.1 Å². The summed E-state index contributed by atoms with van der Waals surface area (Å²) in [5.74, 6) is 0.738. The third-order valence-corrected chi connectivity index (χ3v) is 9.59. The molecule has 0 saturated heterocycles. The smallest absolute Gasteiger partial charge is 0.664 e. The van der Waals surface area contributed by atoms with Crippen LogP contribution in [0.5, 0.6) is 5.75 Å². The zero-order valence-corrected chi connectivity index (χ0v) is 31.2. The predicted octanol–water partition coefficient (Wildman–Crippen LogP) is 6.97. The van der Waals surface area contributed by atoms with Crippen molar-refractivity contribution < 1.29 is 58.6 Å². The number of methoxy groups -OCH3 is 1. The van der Waals surface area contributed by atoms with E-state index < -0.39 is 11.3 Å². The largest absolute Gasteiger partial charge is 2.00 e. The number of amides is 2. The van der Waals surface area contributed by atoms with Crippen LogP contribution >= 0.6 is 0 Å². The molecule has 2 heterocycles. The van der Waals surface area contributed by atoms with Crippen molar-refractivity contribution in [3.8, 4) is 17.0 Å². The van der Waals surface area contributed by atoms with Crippen molar-refractivity contribution in [2.24, 2.45) is 5.41 Å². The Labute approximate surface area is 287 Å². The predicted molar refractivity (Wildman–Crippen MR) is 167 cm³/mol. The molecule has 6 rings (SSSR count). The van der Waals surface area contributed by atoms with Gasteiger partial charge in [0.2, 0.25) is 5.91 Å². The Hall–Kier alpha value is -2.09. The van der Waals surface area contributed by atoms with Crippen molar-refractivity contribution in [3.05, 3.63) is 71.6 Å². The van der Waals surface area contributed by atoms with Crippen molar-refractivity contribution >= 4 is 22.7 Å². The van der Waals surface area contributed by atoms with Gasteiger partial charge in [-0.1, -0.05) is 31.4 Å². The summed E-state index contributed by atoms with van der Waals surface area (Å²) in [5.41, 5.74) is 13.4. The summed E-state index contributed by atoms with van der Waals surface area (Å²) in [5, 5.41) is 5.21. The van der Waals surface area contributed by atoms with Gasteiger partial charge in [0, 0.05) is 54.7 Å². The van der Waals surface area contributed by atoms with E-state index in [2.05, 4.69) is 22.0 Å². The summed E-state index contributed by atoms with van der Waals surface area (Å²) < 4.78 is 13.7. The molecular weight excluding hydrogens is 909 g/mol. The molecule has 2 aliphatic carbocycles. The van der Waals surface area contributed by atoms with Crippen LogP contribution < -0.4 is 4.74 Å². The number of carbonyl (C=O) groups excluding carboxylic acids is 2. The first kappa shape index (κ1) is 36.4. The SMILES string of the molecule is C[N-]CCOCCN(C)C(=O)[C@@]12C[C@@H]1c1cc(OC)ccc1-c1c(C3CCCCC3)c3ccc(C([NH-])=O)cc3n1C2.[CH3-].[Os+2].[Os+]. The van der Waals surface area contributed by atoms with Crippen LogP contribution in [-0.4, -0.2) is 68.8 Å². The van der Waals surface area contributed by atoms with Crippen LogP contribution in [0.3, 0.4) is 0 Å². The molecule has 3 aliphatic rings. The molecule has 0 unspecified atom stereocenters. The molecule has 44 heavy (non-hydrogen) atoms. The van der Waals surface area contributed by atoms with E-state index in [-0.39, 0.29) is 58.8 Å². The van der Waals surface area contributed by atoms with E-state index >= 15 is 0 Å². The maximum absolute atomic E-state index is 14.3. The van der Waals surface area contributed by atoms with Gasteiger partial charge in [-0.3, -0.25) is 4.79 Å². The third kappa shape index (κ3) is 6.43. The molecule has 1 aromatic heterocycles. The number of fused-ring (bicyclic) bond motifs is 7. The summed E-state index contributed by atoms with van der Waals surface area (Å²) >= 11 is 0. The zero-order valence-electron chi connectivity index (χ0n) is 26.1. The molecule has 2 aromatic carbocycles. The van der Waals surface area contributed by atoms with Gasteiger partial charge in [-0.05, 0) is 60.6 Å². The van der Waals surface area contributed by atoms with Gasteiger partial charge in [0.1, 0.15) is 5.75 Å². The molecule has 1 radical (unpaired) electrons. The average molecular weight is 952 g/mol. The fraction of sp³-hybridized carbons (Fsp3) is 0.500. The molecule has 2 saturated carbocycles. The Morgan fingerprint density at radius 2 is 1.86 bits per heavy atom. The normalized spacial score (nSPS) is 20.0. The summed E-state index contributed by atoms with van der Waals surface area (Å²) in [7, 11) is 5.33. The van der Waals surface area contributed by atoms with Crippen LogP contribution in [-0.2, 0) is 55.7 Å². The van der Waals surface area contributed by atoms with Gasteiger partial charge in [0.25, 0.3) is 0 Å². The maximum atomic E-state index is 14.3. The van der Waals surface area contributed by atoms with E-state index in [9.17, 15) is 9.59 Å². The van der Waals surface area contributed by atoms with Crippen LogP contribution in [0.2, 0.25) is 0 Å². The number of carbonyl (C=O) groups is 2. The molecule has 0 bridgehead atoms. The monoisotopic (exact) mass is 955 g/mol. The van der Waals surface area contributed by atoms with Crippen LogP contribution in [0.4, 0.5) is 0 Å². The van der Waals surface area contributed by atoms with E-state index in [1.54, 1.807) is 20.2 Å². The van der Waals surface area contributed by atoms with Crippen molar-refractivity contribution in [2.75, 3.05) is 47.5 Å². The Kier molecular flexibility index (Phi) is 12.4. The molecular formula is C34H43N4O4Os2. The molecule has 8 nitrogen and oxygen atoms in total. The summed E-state index contributed by atoms with van der Waals surface area (Å²) in [6.07, 6.45) is 6.72. The minimum atomic E-state index is -0.689. The fourth-order valence-corrected chi connectivity index (χ4v) is 7.36. The summed E-state index contributed by atoms with van der Waals surface area (Å²) in [6, 6.07) is 12.0. The van der Waals surface area contributed by atoms with Crippen LogP contribution in [0.15, 0.2) is 36.4 Å².